The molecule has 0 bridgehead atoms. The molecule has 4 rings (SSSR count). The molecular weight excluding hydrogens is 450 g/mol. The summed E-state index contributed by atoms with van der Waals surface area (Å²) in [7, 11) is 4.66. The molecule has 3 aromatic rings. The van der Waals surface area contributed by atoms with Crippen LogP contribution in [-0.2, 0) is 11.2 Å². The smallest absolute Gasteiger partial charge is 0.355 e. The summed E-state index contributed by atoms with van der Waals surface area (Å²) >= 11 is 0. The van der Waals surface area contributed by atoms with Gasteiger partial charge in [-0.2, -0.15) is 0 Å². The van der Waals surface area contributed by atoms with Crippen molar-refractivity contribution >= 4 is 11.8 Å². The largest absolute Gasteiger partial charge is 0.493 e. The zero-order valence-corrected chi connectivity index (χ0v) is 20.3. The lowest BCUT2D eigenvalue weighted by molar-refractivity contribution is 0.0443. The Morgan fingerprint density at radius 1 is 0.971 bits per heavy atom. The van der Waals surface area contributed by atoms with Crippen molar-refractivity contribution in [3.63, 3.8) is 0 Å². The molecule has 1 aliphatic rings. The third-order valence-electron chi connectivity index (χ3n) is 6.18. The van der Waals surface area contributed by atoms with Crippen LogP contribution in [0, 0.1) is 6.92 Å². The maximum absolute atomic E-state index is 13.1. The Morgan fingerprint density at radius 2 is 1.66 bits per heavy atom. The van der Waals surface area contributed by atoms with Gasteiger partial charge in [-0.3, -0.25) is 4.79 Å². The third kappa shape index (κ3) is 4.96. The molecule has 0 saturated heterocycles. The first kappa shape index (κ1) is 24.2. The van der Waals surface area contributed by atoms with Gasteiger partial charge in [-0.15, -0.1) is 0 Å². The van der Waals surface area contributed by atoms with Crippen molar-refractivity contribution in [1.82, 2.24) is 4.98 Å². The molecule has 8 nitrogen and oxygen atoms in total. The molecule has 1 aliphatic carbocycles. The van der Waals surface area contributed by atoms with Crippen molar-refractivity contribution < 1.29 is 33.3 Å². The molecule has 0 amide bonds. The minimum Gasteiger partial charge on any atom is -0.493 e. The van der Waals surface area contributed by atoms with E-state index in [4.69, 9.17) is 23.7 Å². The van der Waals surface area contributed by atoms with E-state index in [1.165, 1.54) is 0 Å². The molecular formula is C27H29NO7. The van der Waals surface area contributed by atoms with Gasteiger partial charge >= 0.3 is 5.97 Å². The van der Waals surface area contributed by atoms with Crippen LogP contribution >= 0.6 is 0 Å². The predicted molar refractivity (Wildman–Crippen MR) is 129 cm³/mol. The number of benzene rings is 2. The number of hydrogen-bond acceptors (Lipinski definition) is 7. The van der Waals surface area contributed by atoms with Crippen LogP contribution in [0.25, 0.3) is 0 Å². The van der Waals surface area contributed by atoms with E-state index in [1.807, 2.05) is 42.5 Å². The first-order valence-electron chi connectivity index (χ1n) is 11.4. The number of esters is 1. The van der Waals surface area contributed by atoms with E-state index in [-0.39, 0.29) is 24.9 Å². The summed E-state index contributed by atoms with van der Waals surface area (Å²) in [6.45, 7) is 2.10. The summed E-state index contributed by atoms with van der Waals surface area (Å²) in [5, 5.41) is 0. The van der Waals surface area contributed by atoms with Gasteiger partial charge in [-0.05, 0) is 54.7 Å². The number of Topliss-reactive ketones (excluding diaryl/α,β-unsaturated/α-hetero) is 1. The second-order valence-corrected chi connectivity index (χ2v) is 8.26. The van der Waals surface area contributed by atoms with Gasteiger partial charge in [0.1, 0.15) is 24.7 Å². The first-order valence-corrected chi connectivity index (χ1v) is 11.4. The molecule has 1 N–H and O–H groups in total. The van der Waals surface area contributed by atoms with Crippen molar-refractivity contribution in [2.45, 2.75) is 25.7 Å². The van der Waals surface area contributed by atoms with Crippen molar-refractivity contribution in [3.8, 4) is 23.0 Å². The van der Waals surface area contributed by atoms with Crippen LogP contribution in [-0.4, -0.2) is 51.3 Å². The zero-order chi connectivity index (χ0) is 24.9. The number of rotatable bonds is 9. The van der Waals surface area contributed by atoms with E-state index in [0.29, 0.717) is 52.7 Å². The highest BCUT2D eigenvalue weighted by molar-refractivity contribution is 6.03. The van der Waals surface area contributed by atoms with Crippen molar-refractivity contribution in [2.24, 2.45) is 0 Å². The van der Waals surface area contributed by atoms with Crippen LogP contribution in [0.4, 0.5) is 0 Å². The van der Waals surface area contributed by atoms with Gasteiger partial charge in [0.2, 0.25) is 5.75 Å². The number of carbonyl (C=O) groups is 2. The molecule has 1 unspecified atom stereocenters. The van der Waals surface area contributed by atoms with Gasteiger partial charge in [0, 0.05) is 17.7 Å². The van der Waals surface area contributed by atoms with E-state index >= 15 is 0 Å². The van der Waals surface area contributed by atoms with Crippen LogP contribution in [0.1, 0.15) is 50.0 Å². The average molecular weight is 480 g/mol. The lowest BCUT2D eigenvalue weighted by Crippen LogP contribution is -2.19. The molecule has 0 spiro atoms. The average Bonchev–Trinajstić information content (AvgIpc) is 3.22. The van der Waals surface area contributed by atoms with E-state index in [1.54, 1.807) is 28.3 Å². The second-order valence-electron chi connectivity index (χ2n) is 8.26. The Hall–Kier alpha value is -3.94. The molecule has 0 aliphatic heterocycles. The normalized spacial score (nSPS) is 14.7. The number of carbonyl (C=O) groups excluding carboxylic acids is 2. The van der Waals surface area contributed by atoms with Gasteiger partial charge in [0.15, 0.2) is 17.3 Å². The number of nitrogens with one attached hydrogen (secondary N) is 1. The highest BCUT2D eigenvalue weighted by Crippen LogP contribution is 2.43. The Morgan fingerprint density at radius 3 is 2.29 bits per heavy atom. The minimum absolute atomic E-state index is 0.0230. The lowest BCUT2D eigenvalue weighted by Gasteiger charge is -2.24. The van der Waals surface area contributed by atoms with Gasteiger partial charge < -0.3 is 28.7 Å². The number of aromatic amines is 1. The number of para-hydroxylation sites is 1. The maximum atomic E-state index is 13.1. The topological polar surface area (TPSA) is 96.1 Å². The Labute approximate surface area is 204 Å². The number of ketones is 1. The summed E-state index contributed by atoms with van der Waals surface area (Å²) in [6.07, 6.45) is 0.870. The summed E-state index contributed by atoms with van der Waals surface area (Å²) in [6, 6.07) is 13.0. The summed E-state index contributed by atoms with van der Waals surface area (Å²) in [5.41, 5.74) is 3.11. The quantitative estimate of drug-likeness (QED) is 0.357. The number of aromatic nitrogens is 1. The molecule has 0 fully saturated rings. The van der Waals surface area contributed by atoms with Gasteiger partial charge in [-0.25, -0.2) is 4.79 Å². The standard InChI is InChI=1S/C27H29NO7/c1-16-24-20(28-25(16)27(30)35-11-10-34-19-8-6-5-7-9-19)12-17(13-21(24)29)18-14-22(31-2)26(33-4)23(15-18)32-3/h5-9,14-15,17,28H,10-13H2,1-4H3. The minimum atomic E-state index is -0.509. The van der Waals surface area contributed by atoms with Crippen molar-refractivity contribution in [1.29, 1.82) is 0 Å². The number of H-pyrrole nitrogens is 1. The van der Waals surface area contributed by atoms with E-state index in [9.17, 15) is 9.59 Å². The zero-order valence-electron chi connectivity index (χ0n) is 20.3. The van der Waals surface area contributed by atoms with Gasteiger partial charge in [0.25, 0.3) is 0 Å². The van der Waals surface area contributed by atoms with E-state index in [2.05, 4.69) is 4.98 Å². The second kappa shape index (κ2) is 10.5. The molecule has 1 atom stereocenters. The SMILES string of the molecule is COc1cc(C2CC(=O)c3c([nH]c(C(=O)OCCOc4ccccc4)c3C)C2)cc(OC)c1OC. The van der Waals surface area contributed by atoms with Gasteiger partial charge in [0.05, 0.1) is 21.3 Å². The fraction of sp³-hybridized carbons (Fsp3) is 0.333. The maximum Gasteiger partial charge on any atom is 0.355 e. The molecule has 8 heteroatoms. The number of methoxy groups -OCH3 is 3. The van der Waals surface area contributed by atoms with E-state index < -0.39 is 5.97 Å². The lowest BCUT2D eigenvalue weighted by atomic mass is 9.81. The number of fused-ring (bicyclic) bond motifs is 1. The van der Waals surface area contributed by atoms with E-state index in [0.717, 1.165) is 11.3 Å². The molecule has 184 valence electrons. The van der Waals surface area contributed by atoms with Crippen LogP contribution in [0.2, 0.25) is 0 Å². The predicted octanol–water partition coefficient (Wildman–Crippen LogP) is 4.50. The van der Waals surface area contributed by atoms with Crippen LogP contribution < -0.4 is 18.9 Å². The highest BCUT2D eigenvalue weighted by Gasteiger charge is 2.33. The molecule has 2 aromatic carbocycles. The highest BCUT2D eigenvalue weighted by atomic mass is 16.6. The summed E-state index contributed by atoms with van der Waals surface area (Å²) in [5.74, 6) is 1.63. The molecule has 0 saturated carbocycles. The monoisotopic (exact) mass is 479 g/mol. The molecule has 0 radical (unpaired) electrons. The third-order valence-corrected chi connectivity index (χ3v) is 6.18. The molecule has 35 heavy (non-hydrogen) atoms. The first-order chi connectivity index (χ1) is 17.0. The van der Waals surface area contributed by atoms with Gasteiger partial charge in [-0.1, -0.05) is 18.2 Å². The summed E-state index contributed by atoms with van der Waals surface area (Å²) in [4.78, 5) is 29.0. The Kier molecular flexibility index (Phi) is 7.29. The van der Waals surface area contributed by atoms with Crippen molar-refractivity contribution in [2.75, 3.05) is 34.5 Å². The van der Waals surface area contributed by atoms with Crippen LogP contribution in [0.15, 0.2) is 42.5 Å². The molecule has 1 aromatic heterocycles. The number of hydrogen-bond donors (Lipinski definition) is 1. The fourth-order valence-corrected chi connectivity index (χ4v) is 4.49. The number of ether oxygens (including phenoxy) is 5. The summed E-state index contributed by atoms with van der Waals surface area (Å²) < 4.78 is 27.3. The molecule has 1 heterocycles. The van der Waals surface area contributed by atoms with Crippen LogP contribution in [0.5, 0.6) is 23.0 Å². The van der Waals surface area contributed by atoms with Crippen molar-refractivity contribution in [3.05, 3.63) is 70.5 Å². The Bertz CT molecular complexity index is 1190. The van der Waals surface area contributed by atoms with Crippen LogP contribution in [0.3, 0.4) is 0 Å². The Balaban J connectivity index is 1.49. The fourth-order valence-electron chi connectivity index (χ4n) is 4.49.